The lowest BCUT2D eigenvalue weighted by atomic mass is 9.48. The van der Waals surface area contributed by atoms with Crippen molar-refractivity contribution in [3.05, 3.63) is 33.1 Å². The van der Waals surface area contributed by atoms with Crippen molar-refractivity contribution < 1.29 is 14.3 Å². The predicted molar refractivity (Wildman–Crippen MR) is 100 cm³/mol. The molecule has 5 rings (SSSR count). The number of hydrogen-bond acceptors (Lipinski definition) is 5. The lowest BCUT2D eigenvalue weighted by Crippen LogP contribution is -2.56. The minimum Gasteiger partial charge on any atom is -0.454 e. The molecule has 4 bridgehead atoms. The summed E-state index contributed by atoms with van der Waals surface area (Å²) in [6, 6.07) is 1.21. The first-order chi connectivity index (χ1) is 13.3. The Balaban J connectivity index is 1.28. The number of nitrogens with zero attached hydrogens (tertiary/aromatic N) is 1. The Morgan fingerprint density at radius 3 is 2.39 bits per heavy atom. The molecule has 1 aromatic heterocycles. The number of aromatic amines is 1. The maximum atomic E-state index is 12.3. The summed E-state index contributed by atoms with van der Waals surface area (Å²) in [6.45, 7) is 1.35. The fraction of sp³-hybridized carbons (Fsp3) is 0.700. The number of H-pyrrole nitrogens is 1. The van der Waals surface area contributed by atoms with Gasteiger partial charge in [0.1, 0.15) is 6.54 Å². The number of amides is 1. The molecule has 4 aliphatic rings. The first kappa shape index (κ1) is 19.0. The van der Waals surface area contributed by atoms with Gasteiger partial charge in [0.05, 0.1) is 0 Å². The van der Waals surface area contributed by atoms with Gasteiger partial charge in [-0.25, -0.2) is 4.79 Å². The van der Waals surface area contributed by atoms with Gasteiger partial charge in [0.15, 0.2) is 6.61 Å². The van der Waals surface area contributed by atoms with Crippen molar-refractivity contribution in [2.75, 3.05) is 6.61 Å². The fourth-order valence-corrected chi connectivity index (χ4v) is 6.04. The Hall–Kier alpha value is -2.38. The molecule has 0 aromatic carbocycles. The number of ether oxygens (including phenoxy) is 1. The van der Waals surface area contributed by atoms with Crippen LogP contribution in [0.2, 0.25) is 0 Å². The third-order valence-electron chi connectivity index (χ3n) is 6.94. The summed E-state index contributed by atoms with van der Waals surface area (Å²) in [7, 11) is 0. The van der Waals surface area contributed by atoms with Crippen LogP contribution in [-0.2, 0) is 20.9 Å². The molecule has 1 heterocycles. The van der Waals surface area contributed by atoms with Crippen molar-refractivity contribution in [3.63, 3.8) is 0 Å². The zero-order chi connectivity index (χ0) is 19.9. The quantitative estimate of drug-likeness (QED) is 0.700. The summed E-state index contributed by atoms with van der Waals surface area (Å²) >= 11 is 0. The van der Waals surface area contributed by atoms with E-state index in [1.807, 2.05) is 0 Å². The molecule has 152 valence electrons. The standard InChI is InChI=1S/C20H27N3O5/c1-12(20-7-13-4-14(8-20)6-15(5-13)9-20)21-17(25)11-28-18(26)10-23-3-2-16(24)22-19(23)27/h2-3,12-15H,4-11H2,1H3,(H,21,25)(H,22,24,27)/t12-,13?,14?,15?,20?/m0/s1. The van der Waals surface area contributed by atoms with Gasteiger partial charge in [-0.05, 0) is 68.6 Å². The first-order valence-electron chi connectivity index (χ1n) is 10.1. The van der Waals surface area contributed by atoms with E-state index in [1.165, 1.54) is 44.7 Å². The van der Waals surface area contributed by atoms with Crippen molar-refractivity contribution in [1.82, 2.24) is 14.9 Å². The van der Waals surface area contributed by atoms with Crippen LogP contribution in [0.15, 0.2) is 21.9 Å². The Bertz CT molecular complexity index is 851. The van der Waals surface area contributed by atoms with Crippen LogP contribution in [0.5, 0.6) is 0 Å². The smallest absolute Gasteiger partial charge is 0.328 e. The topological polar surface area (TPSA) is 110 Å². The average Bonchev–Trinajstić information content (AvgIpc) is 2.61. The minimum atomic E-state index is -0.702. The van der Waals surface area contributed by atoms with Crippen LogP contribution in [0.4, 0.5) is 0 Å². The molecule has 0 unspecified atom stereocenters. The predicted octanol–water partition coefficient (Wildman–Crippen LogP) is 0.801. The van der Waals surface area contributed by atoms with E-state index in [1.54, 1.807) is 0 Å². The van der Waals surface area contributed by atoms with E-state index < -0.39 is 17.2 Å². The molecule has 28 heavy (non-hydrogen) atoms. The normalized spacial score (nSPS) is 31.4. The number of nitrogens with one attached hydrogen (secondary N) is 2. The molecule has 1 aromatic rings. The third-order valence-corrected chi connectivity index (χ3v) is 6.94. The van der Waals surface area contributed by atoms with Crippen molar-refractivity contribution in [1.29, 1.82) is 0 Å². The first-order valence-corrected chi connectivity index (χ1v) is 10.1. The summed E-state index contributed by atoms with van der Waals surface area (Å²) in [5.41, 5.74) is -1.03. The Morgan fingerprint density at radius 1 is 1.21 bits per heavy atom. The summed E-state index contributed by atoms with van der Waals surface area (Å²) in [6.07, 6.45) is 8.84. The zero-order valence-electron chi connectivity index (χ0n) is 16.1. The largest absolute Gasteiger partial charge is 0.454 e. The van der Waals surface area contributed by atoms with Crippen LogP contribution in [0.1, 0.15) is 45.4 Å². The lowest BCUT2D eigenvalue weighted by molar-refractivity contribution is -0.150. The van der Waals surface area contributed by atoms with Crippen molar-refractivity contribution >= 4 is 11.9 Å². The van der Waals surface area contributed by atoms with Crippen molar-refractivity contribution in [3.8, 4) is 0 Å². The second kappa shape index (κ2) is 7.22. The van der Waals surface area contributed by atoms with Crippen LogP contribution < -0.4 is 16.6 Å². The van der Waals surface area contributed by atoms with Crippen LogP contribution in [0.25, 0.3) is 0 Å². The Labute approximate surface area is 162 Å². The summed E-state index contributed by atoms with van der Waals surface area (Å²) in [5, 5.41) is 3.04. The summed E-state index contributed by atoms with van der Waals surface area (Å²) < 4.78 is 6.04. The maximum absolute atomic E-state index is 12.3. The number of esters is 1. The van der Waals surface area contributed by atoms with Crippen LogP contribution in [0, 0.1) is 23.2 Å². The molecular weight excluding hydrogens is 362 g/mol. The number of aromatic nitrogens is 2. The monoisotopic (exact) mass is 389 g/mol. The van der Waals surface area contributed by atoms with E-state index >= 15 is 0 Å². The van der Waals surface area contributed by atoms with Crippen molar-refractivity contribution in [2.45, 2.75) is 58.0 Å². The molecule has 8 heteroatoms. The second-order valence-electron chi connectivity index (χ2n) is 8.97. The Kier molecular flexibility index (Phi) is 4.89. The second-order valence-corrected chi connectivity index (χ2v) is 8.97. The molecule has 0 radical (unpaired) electrons. The van der Waals surface area contributed by atoms with Gasteiger partial charge in [-0.15, -0.1) is 0 Å². The van der Waals surface area contributed by atoms with Crippen LogP contribution in [-0.4, -0.2) is 34.1 Å². The van der Waals surface area contributed by atoms with E-state index in [9.17, 15) is 19.2 Å². The van der Waals surface area contributed by atoms with Gasteiger partial charge in [0, 0.05) is 18.3 Å². The molecular formula is C20H27N3O5. The molecule has 1 atom stereocenters. The molecule has 0 saturated heterocycles. The lowest BCUT2D eigenvalue weighted by Gasteiger charge is -2.59. The fourth-order valence-electron chi connectivity index (χ4n) is 6.04. The van der Waals surface area contributed by atoms with E-state index in [4.69, 9.17) is 4.74 Å². The molecule has 2 N–H and O–H groups in total. The molecule has 8 nitrogen and oxygen atoms in total. The highest BCUT2D eigenvalue weighted by atomic mass is 16.5. The van der Waals surface area contributed by atoms with Gasteiger partial charge in [0.2, 0.25) is 0 Å². The summed E-state index contributed by atoms with van der Waals surface area (Å²) in [4.78, 5) is 48.9. The number of hydrogen-bond donors (Lipinski definition) is 2. The number of rotatable bonds is 6. The van der Waals surface area contributed by atoms with Gasteiger partial charge in [0.25, 0.3) is 11.5 Å². The van der Waals surface area contributed by atoms with Gasteiger partial charge in [-0.2, -0.15) is 0 Å². The Morgan fingerprint density at radius 2 is 1.82 bits per heavy atom. The highest BCUT2D eigenvalue weighted by molar-refractivity contribution is 5.80. The van der Waals surface area contributed by atoms with Gasteiger partial charge in [-0.3, -0.25) is 23.9 Å². The zero-order valence-corrected chi connectivity index (χ0v) is 16.1. The molecule has 4 aliphatic carbocycles. The maximum Gasteiger partial charge on any atom is 0.328 e. The molecule has 1 amide bonds. The van der Waals surface area contributed by atoms with Gasteiger partial charge in [-0.1, -0.05) is 0 Å². The van der Waals surface area contributed by atoms with E-state index in [0.717, 1.165) is 28.4 Å². The number of carbonyl (C=O) groups excluding carboxylic acids is 2. The average molecular weight is 389 g/mol. The van der Waals surface area contributed by atoms with Crippen LogP contribution in [0.3, 0.4) is 0 Å². The SMILES string of the molecule is C[C@H](NC(=O)COC(=O)Cn1ccc(=O)[nH]c1=O)C12CC3CC(CC(C3)C1)C2. The highest BCUT2D eigenvalue weighted by Crippen LogP contribution is 2.61. The highest BCUT2D eigenvalue weighted by Gasteiger charge is 2.53. The van der Waals surface area contributed by atoms with Gasteiger partial charge >= 0.3 is 11.7 Å². The number of carbonyl (C=O) groups is 2. The van der Waals surface area contributed by atoms with E-state index in [0.29, 0.717) is 0 Å². The molecule has 4 saturated carbocycles. The third kappa shape index (κ3) is 3.77. The van der Waals surface area contributed by atoms with Gasteiger partial charge < -0.3 is 10.1 Å². The summed E-state index contributed by atoms with van der Waals surface area (Å²) in [5.74, 6) is 1.40. The molecule has 0 spiro atoms. The van der Waals surface area contributed by atoms with Crippen LogP contribution >= 0.6 is 0 Å². The molecule has 0 aliphatic heterocycles. The van der Waals surface area contributed by atoms with E-state index in [2.05, 4.69) is 17.2 Å². The minimum absolute atomic E-state index is 0.0638. The van der Waals surface area contributed by atoms with Crippen molar-refractivity contribution in [2.24, 2.45) is 23.2 Å². The van der Waals surface area contributed by atoms with E-state index in [-0.39, 0.29) is 30.5 Å². The molecule has 4 fully saturated rings.